The third-order valence-electron chi connectivity index (χ3n) is 4.50. The second-order valence-corrected chi connectivity index (χ2v) is 6.45. The molecule has 1 aromatic carbocycles. The molecule has 0 aliphatic carbocycles. The fourth-order valence-electron chi connectivity index (χ4n) is 3.13. The zero-order valence-electron chi connectivity index (χ0n) is 15.3. The van der Waals surface area contributed by atoms with Crippen molar-refractivity contribution in [3.63, 3.8) is 0 Å². The second-order valence-electron chi connectivity index (χ2n) is 6.45. The molecule has 26 heavy (non-hydrogen) atoms. The van der Waals surface area contributed by atoms with Crippen LogP contribution in [0.15, 0.2) is 18.2 Å². The van der Waals surface area contributed by atoms with Crippen molar-refractivity contribution < 1.29 is 9.59 Å². The Morgan fingerprint density at radius 2 is 2.15 bits per heavy atom. The molecule has 0 spiro atoms. The van der Waals surface area contributed by atoms with Gasteiger partial charge in [-0.15, -0.1) is 0 Å². The number of aromatic amines is 1. The Morgan fingerprint density at radius 3 is 2.85 bits per heavy atom. The molecule has 1 aromatic heterocycles. The lowest BCUT2D eigenvalue weighted by Gasteiger charge is -2.23. The zero-order chi connectivity index (χ0) is 18.7. The normalized spacial score (nSPS) is 16.6. The molecule has 138 valence electrons. The van der Waals surface area contributed by atoms with Gasteiger partial charge in [0, 0.05) is 24.3 Å². The number of nitrogens with one attached hydrogen (secondary N) is 3. The maximum absolute atomic E-state index is 12.8. The van der Waals surface area contributed by atoms with E-state index >= 15 is 0 Å². The summed E-state index contributed by atoms with van der Waals surface area (Å²) in [5.74, 6) is 1.22. The zero-order valence-corrected chi connectivity index (χ0v) is 15.3. The minimum Gasteiger partial charge on any atom is -0.352 e. The summed E-state index contributed by atoms with van der Waals surface area (Å²) in [5.41, 5.74) is 2.06. The van der Waals surface area contributed by atoms with Gasteiger partial charge in [0.25, 0.3) is 5.91 Å². The molecule has 3 N–H and O–H groups in total. The summed E-state index contributed by atoms with van der Waals surface area (Å²) in [6, 6.07) is 4.96. The van der Waals surface area contributed by atoms with Crippen LogP contribution in [0.1, 0.15) is 53.4 Å². The fraction of sp³-hybridized carbons (Fsp3) is 0.444. The van der Waals surface area contributed by atoms with Crippen LogP contribution in [-0.2, 0) is 0 Å². The van der Waals surface area contributed by atoms with Gasteiger partial charge in [-0.3, -0.25) is 9.89 Å². The number of aryl methyl sites for hydroxylation is 2. The Morgan fingerprint density at radius 1 is 1.35 bits per heavy atom. The molecule has 1 aliphatic rings. The van der Waals surface area contributed by atoms with E-state index in [-0.39, 0.29) is 18.0 Å². The number of urea groups is 1. The highest BCUT2D eigenvalue weighted by Gasteiger charge is 2.32. The van der Waals surface area contributed by atoms with E-state index in [2.05, 4.69) is 25.8 Å². The van der Waals surface area contributed by atoms with Gasteiger partial charge in [-0.1, -0.05) is 6.07 Å². The molecule has 1 aliphatic heterocycles. The summed E-state index contributed by atoms with van der Waals surface area (Å²) in [6.07, 6.45) is 1.74. The van der Waals surface area contributed by atoms with Crippen LogP contribution in [0.4, 0.5) is 10.5 Å². The number of anilines is 1. The van der Waals surface area contributed by atoms with Gasteiger partial charge in [0.1, 0.15) is 5.82 Å². The number of benzene rings is 1. The predicted molar refractivity (Wildman–Crippen MR) is 98.0 cm³/mol. The highest BCUT2D eigenvalue weighted by molar-refractivity contribution is 5.97. The summed E-state index contributed by atoms with van der Waals surface area (Å²) < 4.78 is 0. The van der Waals surface area contributed by atoms with E-state index in [1.807, 2.05) is 26.8 Å². The largest absolute Gasteiger partial charge is 0.352 e. The monoisotopic (exact) mass is 356 g/mol. The van der Waals surface area contributed by atoms with Crippen molar-refractivity contribution in [3.8, 4) is 0 Å². The van der Waals surface area contributed by atoms with Crippen molar-refractivity contribution in [2.45, 2.75) is 39.7 Å². The van der Waals surface area contributed by atoms with Crippen molar-refractivity contribution in [1.82, 2.24) is 25.4 Å². The standard InChI is InChI=1S/C18H24N6O2/c1-4-19-17(25)13-8-7-11(2)14(10-13)21-18(26)24-9-5-6-15(24)16-20-12(3)22-23-16/h7-8,10,15H,4-6,9H2,1-3H3,(H,19,25)(H,21,26)(H,20,22,23)/t15-/m1/s1. The number of likely N-dealkylation sites (tertiary alicyclic amines) is 1. The average molecular weight is 356 g/mol. The Balaban J connectivity index is 1.76. The highest BCUT2D eigenvalue weighted by atomic mass is 16.2. The molecular formula is C18H24N6O2. The first-order valence-electron chi connectivity index (χ1n) is 8.85. The Bertz CT molecular complexity index is 816. The van der Waals surface area contributed by atoms with Crippen LogP contribution in [0.3, 0.4) is 0 Å². The van der Waals surface area contributed by atoms with Crippen LogP contribution in [-0.4, -0.2) is 45.1 Å². The number of H-pyrrole nitrogens is 1. The number of carbonyl (C=O) groups is 2. The Hall–Kier alpha value is -2.90. The molecule has 0 bridgehead atoms. The maximum atomic E-state index is 12.8. The van der Waals surface area contributed by atoms with Crippen molar-refractivity contribution >= 4 is 17.6 Å². The molecule has 3 amide bonds. The third kappa shape index (κ3) is 3.68. The first-order chi connectivity index (χ1) is 12.5. The van der Waals surface area contributed by atoms with Crippen molar-refractivity contribution in [1.29, 1.82) is 0 Å². The summed E-state index contributed by atoms with van der Waals surface area (Å²) in [5, 5.41) is 12.7. The fourth-order valence-corrected chi connectivity index (χ4v) is 3.13. The minimum absolute atomic E-state index is 0.133. The van der Waals surface area contributed by atoms with E-state index in [9.17, 15) is 9.59 Å². The first kappa shape index (κ1) is 17.9. The number of nitrogens with zero attached hydrogens (tertiary/aromatic N) is 3. The quantitative estimate of drug-likeness (QED) is 0.783. The lowest BCUT2D eigenvalue weighted by molar-refractivity contribution is 0.0956. The first-order valence-corrected chi connectivity index (χ1v) is 8.85. The van der Waals surface area contributed by atoms with Crippen LogP contribution in [0.5, 0.6) is 0 Å². The van der Waals surface area contributed by atoms with E-state index in [0.717, 1.165) is 24.2 Å². The predicted octanol–water partition coefficient (Wildman–Crippen LogP) is 2.54. The third-order valence-corrected chi connectivity index (χ3v) is 4.50. The minimum atomic E-state index is -0.203. The van der Waals surface area contributed by atoms with Gasteiger partial charge >= 0.3 is 6.03 Å². The van der Waals surface area contributed by atoms with Gasteiger partial charge in [0.15, 0.2) is 5.82 Å². The molecule has 0 saturated carbocycles. The summed E-state index contributed by atoms with van der Waals surface area (Å²) in [4.78, 5) is 31.0. The van der Waals surface area contributed by atoms with E-state index in [1.165, 1.54) is 0 Å². The van der Waals surface area contributed by atoms with Crippen LogP contribution < -0.4 is 10.6 Å². The van der Waals surface area contributed by atoms with Crippen molar-refractivity contribution in [3.05, 3.63) is 41.0 Å². The van der Waals surface area contributed by atoms with Gasteiger partial charge in [-0.25, -0.2) is 9.78 Å². The second kappa shape index (κ2) is 7.55. The summed E-state index contributed by atoms with van der Waals surface area (Å²) in [7, 11) is 0. The number of amides is 3. The van der Waals surface area contributed by atoms with Gasteiger partial charge in [0.2, 0.25) is 0 Å². The number of carbonyl (C=O) groups excluding carboxylic acids is 2. The molecule has 0 radical (unpaired) electrons. The molecule has 8 heteroatoms. The Kier molecular flexibility index (Phi) is 5.20. The maximum Gasteiger partial charge on any atom is 0.322 e. The van der Waals surface area contributed by atoms with E-state index in [0.29, 0.717) is 30.2 Å². The average Bonchev–Trinajstić information content (AvgIpc) is 3.25. The SMILES string of the molecule is CCNC(=O)c1ccc(C)c(NC(=O)N2CCC[C@@H]2c2n[nH]c(C)n2)c1. The molecular weight excluding hydrogens is 332 g/mol. The highest BCUT2D eigenvalue weighted by Crippen LogP contribution is 2.30. The lowest BCUT2D eigenvalue weighted by atomic mass is 10.1. The molecule has 0 unspecified atom stereocenters. The molecule has 2 heterocycles. The molecule has 2 aromatic rings. The molecule has 3 rings (SSSR count). The summed E-state index contributed by atoms with van der Waals surface area (Å²) >= 11 is 0. The van der Waals surface area contributed by atoms with Crippen molar-refractivity contribution in [2.24, 2.45) is 0 Å². The molecule has 1 atom stereocenters. The summed E-state index contributed by atoms with van der Waals surface area (Å²) in [6.45, 7) is 6.81. The molecule has 1 saturated heterocycles. The Labute approximate surface area is 152 Å². The number of aromatic nitrogens is 3. The van der Waals surface area contributed by atoms with Crippen LogP contribution >= 0.6 is 0 Å². The van der Waals surface area contributed by atoms with Gasteiger partial charge in [-0.05, 0) is 51.3 Å². The molecule has 1 fully saturated rings. The van der Waals surface area contributed by atoms with Gasteiger partial charge < -0.3 is 15.5 Å². The van der Waals surface area contributed by atoms with Crippen LogP contribution in [0.25, 0.3) is 0 Å². The van der Waals surface area contributed by atoms with E-state index in [4.69, 9.17) is 0 Å². The van der Waals surface area contributed by atoms with Gasteiger partial charge in [-0.2, -0.15) is 5.10 Å². The van der Waals surface area contributed by atoms with E-state index in [1.54, 1.807) is 17.0 Å². The number of hydrogen-bond donors (Lipinski definition) is 3. The molecule has 8 nitrogen and oxygen atoms in total. The number of hydrogen-bond acceptors (Lipinski definition) is 4. The van der Waals surface area contributed by atoms with Crippen LogP contribution in [0.2, 0.25) is 0 Å². The van der Waals surface area contributed by atoms with E-state index < -0.39 is 0 Å². The van der Waals surface area contributed by atoms with Gasteiger partial charge in [0.05, 0.1) is 6.04 Å². The smallest absolute Gasteiger partial charge is 0.322 e. The number of rotatable bonds is 4. The van der Waals surface area contributed by atoms with Crippen molar-refractivity contribution in [2.75, 3.05) is 18.4 Å². The van der Waals surface area contributed by atoms with Crippen LogP contribution in [0, 0.1) is 13.8 Å². The topological polar surface area (TPSA) is 103 Å². The lowest BCUT2D eigenvalue weighted by Crippen LogP contribution is -2.35.